The van der Waals surface area contributed by atoms with Crippen LogP contribution in [-0.4, -0.2) is 13.3 Å². The summed E-state index contributed by atoms with van der Waals surface area (Å²) in [5, 5.41) is 0. The summed E-state index contributed by atoms with van der Waals surface area (Å²) < 4.78 is 24.3. The van der Waals surface area contributed by atoms with Crippen LogP contribution in [0.1, 0.15) is 5.56 Å². The van der Waals surface area contributed by atoms with E-state index in [4.69, 9.17) is 15.2 Å². The molecule has 5 heteroatoms. The third kappa shape index (κ3) is 1.46. The average Bonchev–Trinajstić information content (AvgIpc) is 2.60. The molecule has 0 aliphatic carbocycles. The Morgan fingerprint density at radius 2 is 2.29 bits per heavy atom. The van der Waals surface area contributed by atoms with E-state index in [0.717, 1.165) is 0 Å². The Kier molecular flexibility index (Phi) is 2.60. The fourth-order valence-electron chi connectivity index (χ4n) is 1.42. The quantitative estimate of drug-likeness (QED) is 0.884. The SMILES string of the molecule is NCCc1c(F)c(Br)cc2c1OCO2. The molecule has 0 amide bonds. The van der Waals surface area contributed by atoms with E-state index in [9.17, 15) is 4.39 Å². The van der Waals surface area contributed by atoms with Crippen molar-refractivity contribution in [2.24, 2.45) is 5.73 Å². The Hall–Kier alpha value is -0.810. The lowest BCUT2D eigenvalue weighted by molar-refractivity contribution is 0.173. The highest BCUT2D eigenvalue weighted by atomic mass is 79.9. The van der Waals surface area contributed by atoms with Gasteiger partial charge in [0.05, 0.1) is 4.47 Å². The molecule has 0 saturated heterocycles. The molecule has 0 aromatic heterocycles. The average molecular weight is 262 g/mol. The molecule has 1 heterocycles. The van der Waals surface area contributed by atoms with E-state index in [-0.39, 0.29) is 12.6 Å². The van der Waals surface area contributed by atoms with Gasteiger partial charge in [-0.3, -0.25) is 0 Å². The lowest BCUT2D eigenvalue weighted by atomic mass is 10.1. The van der Waals surface area contributed by atoms with E-state index < -0.39 is 0 Å². The summed E-state index contributed by atoms with van der Waals surface area (Å²) in [5.74, 6) is 0.734. The molecule has 14 heavy (non-hydrogen) atoms. The molecule has 0 fully saturated rings. The van der Waals surface area contributed by atoms with Crippen molar-refractivity contribution < 1.29 is 13.9 Å². The van der Waals surface area contributed by atoms with Crippen LogP contribution in [0, 0.1) is 5.82 Å². The molecule has 3 nitrogen and oxygen atoms in total. The van der Waals surface area contributed by atoms with Gasteiger partial charge in [-0.15, -0.1) is 0 Å². The van der Waals surface area contributed by atoms with Crippen LogP contribution in [0.15, 0.2) is 10.5 Å². The van der Waals surface area contributed by atoms with Crippen LogP contribution >= 0.6 is 15.9 Å². The molecule has 2 rings (SSSR count). The van der Waals surface area contributed by atoms with Crippen molar-refractivity contribution in [2.75, 3.05) is 13.3 Å². The van der Waals surface area contributed by atoms with Crippen molar-refractivity contribution in [3.8, 4) is 11.5 Å². The zero-order chi connectivity index (χ0) is 10.1. The third-order valence-electron chi connectivity index (χ3n) is 2.04. The first-order chi connectivity index (χ1) is 6.74. The summed E-state index contributed by atoms with van der Waals surface area (Å²) in [5.41, 5.74) is 5.88. The number of fused-ring (bicyclic) bond motifs is 1. The topological polar surface area (TPSA) is 44.5 Å². The van der Waals surface area contributed by atoms with Crippen LogP contribution in [-0.2, 0) is 6.42 Å². The summed E-state index contributed by atoms with van der Waals surface area (Å²) in [6.45, 7) is 0.520. The van der Waals surface area contributed by atoms with Gasteiger partial charge >= 0.3 is 0 Å². The second kappa shape index (κ2) is 3.74. The number of hydrogen-bond acceptors (Lipinski definition) is 3. The van der Waals surface area contributed by atoms with Crippen molar-refractivity contribution in [3.05, 3.63) is 21.9 Å². The molecule has 1 aliphatic rings. The summed E-state index contributed by atoms with van der Waals surface area (Å²) in [7, 11) is 0. The second-order valence-electron chi connectivity index (χ2n) is 2.92. The normalized spacial score (nSPS) is 13.4. The van der Waals surface area contributed by atoms with Crippen LogP contribution in [0.2, 0.25) is 0 Å². The lowest BCUT2D eigenvalue weighted by Gasteiger charge is -2.07. The Bertz CT molecular complexity index is 370. The summed E-state index contributed by atoms with van der Waals surface area (Å²) in [6, 6.07) is 1.57. The fourth-order valence-corrected chi connectivity index (χ4v) is 1.87. The summed E-state index contributed by atoms with van der Waals surface area (Å²) >= 11 is 3.12. The number of benzene rings is 1. The Morgan fingerprint density at radius 3 is 3.00 bits per heavy atom. The molecule has 0 spiro atoms. The van der Waals surface area contributed by atoms with Gasteiger partial charge in [-0.1, -0.05) is 0 Å². The minimum Gasteiger partial charge on any atom is -0.454 e. The van der Waals surface area contributed by atoms with Gasteiger partial charge in [0.2, 0.25) is 6.79 Å². The van der Waals surface area contributed by atoms with Gasteiger partial charge in [-0.25, -0.2) is 4.39 Å². The molecule has 0 saturated carbocycles. The van der Waals surface area contributed by atoms with Crippen molar-refractivity contribution in [1.82, 2.24) is 0 Å². The van der Waals surface area contributed by atoms with E-state index in [1.165, 1.54) is 0 Å². The molecule has 1 aliphatic heterocycles. The molecule has 0 atom stereocenters. The number of rotatable bonds is 2. The summed E-state index contributed by atoms with van der Waals surface area (Å²) in [6.07, 6.45) is 0.441. The number of ether oxygens (including phenoxy) is 2. The van der Waals surface area contributed by atoms with Gasteiger partial charge < -0.3 is 15.2 Å². The lowest BCUT2D eigenvalue weighted by Crippen LogP contribution is -2.06. The Labute approximate surface area is 89.1 Å². The van der Waals surface area contributed by atoms with Gasteiger partial charge in [0.1, 0.15) is 5.82 Å². The van der Waals surface area contributed by atoms with Crippen LogP contribution < -0.4 is 15.2 Å². The van der Waals surface area contributed by atoms with Gasteiger partial charge in [0.25, 0.3) is 0 Å². The number of nitrogens with two attached hydrogens (primary N) is 1. The van der Waals surface area contributed by atoms with Gasteiger partial charge in [0, 0.05) is 11.6 Å². The van der Waals surface area contributed by atoms with Crippen LogP contribution in [0.4, 0.5) is 4.39 Å². The fraction of sp³-hybridized carbons (Fsp3) is 0.333. The molecular formula is C9H9BrFNO2. The van der Waals surface area contributed by atoms with Gasteiger partial charge in [-0.2, -0.15) is 0 Å². The zero-order valence-electron chi connectivity index (χ0n) is 7.35. The van der Waals surface area contributed by atoms with Gasteiger partial charge in [-0.05, 0) is 28.9 Å². The molecule has 0 radical (unpaired) electrons. The second-order valence-corrected chi connectivity index (χ2v) is 3.78. The maximum absolute atomic E-state index is 13.6. The first kappa shape index (κ1) is 9.73. The number of halogens is 2. The summed E-state index contributed by atoms with van der Waals surface area (Å²) in [4.78, 5) is 0. The minimum atomic E-state index is -0.320. The first-order valence-electron chi connectivity index (χ1n) is 4.20. The Balaban J connectivity index is 2.54. The molecule has 2 N–H and O–H groups in total. The Morgan fingerprint density at radius 1 is 1.50 bits per heavy atom. The molecule has 76 valence electrons. The first-order valence-corrected chi connectivity index (χ1v) is 5.00. The van der Waals surface area contributed by atoms with Crippen molar-refractivity contribution in [1.29, 1.82) is 0 Å². The van der Waals surface area contributed by atoms with E-state index >= 15 is 0 Å². The predicted molar refractivity (Wildman–Crippen MR) is 53.0 cm³/mol. The maximum Gasteiger partial charge on any atom is 0.231 e. The molecule has 0 unspecified atom stereocenters. The largest absolute Gasteiger partial charge is 0.454 e. The van der Waals surface area contributed by atoms with Crippen LogP contribution in [0.5, 0.6) is 11.5 Å². The molecular weight excluding hydrogens is 253 g/mol. The maximum atomic E-state index is 13.6. The van der Waals surface area contributed by atoms with Crippen LogP contribution in [0.3, 0.4) is 0 Å². The highest BCUT2D eigenvalue weighted by molar-refractivity contribution is 9.10. The monoisotopic (exact) mass is 261 g/mol. The zero-order valence-corrected chi connectivity index (χ0v) is 8.93. The highest BCUT2D eigenvalue weighted by Gasteiger charge is 2.23. The standard InChI is InChI=1S/C9H9BrFNO2/c10-6-3-7-9(14-4-13-7)5(1-2-12)8(6)11/h3H,1-2,4,12H2. The molecule has 0 bridgehead atoms. The highest BCUT2D eigenvalue weighted by Crippen LogP contribution is 2.40. The van der Waals surface area contributed by atoms with Crippen molar-refractivity contribution in [3.63, 3.8) is 0 Å². The van der Waals surface area contributed by atoms with E-state index in [0.29, 0.717) is 34.5 Å². The van der Waals surface area contributed by atoms with Crippen LogP contribution in [0.25, 0.3) is 0 Å². The number of hydrogen-bond donors (Lipinski definition) is 1. The smallest absolute Gasteiger partial charge is 0.231 e. The van der Waals surface area contributed by atoms with E-state index in [2.05, 4.69) is 15.9 Å². The van der Waals surface area contributed by atoms with E-state index in [1.807, 2.05) is 0 Å². The van der Waals surface area contributed by atoms with Gasteiger partial charge in [0.15, 0.2) is 11.5 Å². The minimum absolute atomic E-state index is 0.142. The third-order valence-corrected chi connectivity index (χ3v) is 2.62. The van der Waals surface area contributed by atoms with Crippen molar-refractivity contribution in [2.45, 2.75) is 6.42 Å². The molecule has 1 aromatic carbocycles. The predicted octanol–water partition coefficient (Wildman–Crippen LogP) is 1.82. The van der Waals surface area contributed by atoms with Crippen molar-refractivity contribution >= 4 is 15.9 Å². The molecule has 1 aromatic rings. The van der Waals surface area contributed by atoms with E-state index in [1.54, 1.807) is 6.07 Å².